The van der Waals surface area contributed by atoms with Crippen LogP contribution in [0.4, 0.5) is 4.79 Å². The van der Waals surface area contributed by atoms with Gasteiger partial charge in [-0.3, -0.25) is 14.4 Å². The van der Waals surface area contributed by atoms with E-state index in [1.54, 1.807) is 19.1 Å². The molecule has 216 valence electrons. The number of aliphatic carboxylic acids is 1. The second-order valence-corrected chi connectivity index (χ2v) is 10.7. The summed E-state index contributed by atoms with van der Waals surface area (Å²) in [6.45, 7) is 1.21. The predicted molar refractivity (Wildman–Crippen MR) is 139 cm³/mol. The van der Waals surface area contributed by atoms with E-state index in [1.807, 2.05) is 4.72 Å². The van der Waals surface area contributed by atoms with Gasteiger partial charge in [-0.05, 0) is 31.4 Å². The van der Waals surface area contributed by atoms with E-state index in [0.29, 0.717) is 17.7 Å². The lowest BCUT2D eigenvalue weighted by Gasteiger charge is -2.24. The zero-order chi connectivity index (χ0) is 29.3. The number of likely N-dealkylation sites (tertiary alicyclic amines) is 1. The zero-order valence-corrected chi connectivity index (χ0v) is 22.5. The van der Waals surface area contributed by atoms with Crippen LogP contribution >= 0.6 is 0 Å². The molecular weight excluding hydrogens is 546 g/mol. The molecule has 0 radical (unpaired) electrons. The number of sulfonamides is 1. The first-order valence-electron chi connectivity index (χ1n) is 12.4. The van der Waals surface area contributed by atoms with Crippen LogP contribution in [-0.4, -0.2) is 89.8 Å². The van der Waals surface area contributed by atoms with Gasteiger partial charge in [0.15, 0.2) is 0 Å². The molecule has 0 aliphatic carbocycles. The summed E-state index contributed by atoms with van der Waals surface area (Å²) in [5.41, 5.74) is 0.987. The molecule has 1 saturated heterocycles. The molecule has 0 unspecified atom stereocenters. The first-order valence-corrected chi connectivity index (χ1v) is 13.9. The summed E-state index contributed by atoms with van der Waals surface area (Å²) in [7, 11) is -4.15. The highest BCUT2D eigenvalue weighted by molar-refractivity contribution is 7.90. The number of benzene rings is 1. The summed E-state index contributed by atoms with van der Waals surface area (Å²) < 4.78 is 27.3. The van der Waals surface area contributed by atoms with Gasteiger partial charge in [-0.15, -0.1) is 0 Å². The lowest BCUT2D eigenvalue weighted by molar-refractivity contribution is -0.141. The number of aromatic nitrogens is 2. The van der Waals surface area contributed by atoms with Gasteiger partial charge >= 0.3 is 12.0 Å². The van der Waals surface area contributed by atoms with Crippen molar-refractivity contribution < 1.29 is 37.5 Å². The Kier molecular flexibility index (Phi) is 10.2. The van der Waals surface area contributed by atoms with E-state index in [4.69, 9.17) is 0 Å². The number of hydrogen-bond acceptors (Lipinski definition) is 8. The number of H-pyrrole nitrogens is 1. The number of aromatic amines is 1. The number of carboxylic acid groups (broad SMARTS) is 1. The Morgan fingerprint density at radius 2 is 1.90 bits per heavy atom. The number of hydrogen-bond donors (Lipinski definition) is 6. The molecule has 5 amide bonds. The third-order valence-electron chi connectivity index (χ3n) is 6.13. The summed E-state index contributed by atoms with van der Waals surface area (Å²) >= 11 is 0. The summed E-state index contributed by atoms with van der Waals surface area (Å²) in [5, 5.41) is 16.5. The summed E-state index contributed by atoms with van der Waals surface area (Å²) in [6.07, 6.45) is 3.40. The molecule has 0 spiro atoms. The number of amides is 5. The summed E-state index contributed by atoms with van der Waals surface area (Å²) in [4.78, 5) is 68.6. The molecule has 0 bridgehead atoms. The van der Waals surface area contributed by atoms with Gasteiger partial charge in [0.25, 0.3) is 10.0 Å². The molecule has 1 fully saturated rings. The van der Waals surface area contributed by atoms with Gasteiger partial charge in [-0.2, -0.15) is 0 Å². The van der Waals surface area contributed by atoms with Gasteiger partial charge in [0.05, 0.1) is 17.8 Å². The second-order valence-electron chi connectivity index (χ2n) is 9.08. The maximum Gasteiger partial charge on any atom is 0.331 e. The molecule has 2 atom stereocenters. The molecule has 16 heteroatoms. The van der Waals surface area contributed by atoms with Crippen LogP contribution in [0.1, 0.15) is 30.5 Å². The van der Waals surface area contributed by atoms with E-state index in [1.165, 1.54) is 24.7 Å². The Morgan fingerprint density at radius 3 is 2.58 bits per heavy atom. The van der Waals surface area contributed by atoms with Gasteiger partial charge < -0.3 is 30.9 Å². The minimum Gasteiger partial charge on any atom is -0.480 e. The number of nitrogens with zero attached hydrogens (tertiary/aromatic N) is 2. The van der Waals surface area contributed by atoms with Gasteiger partial charge in [0, 0.05) is 37.8 Å². The lowest BCUT2D eigenvalue weighted by Crippen LogP contribution is -2.52. The first-order chi connectivity index (χ1) is 19.0. The van der Waals surface area contributed by atoms with Crippen LogP contribution in [0.15, 0.2) is 41.7 Å². The fourth-order valence-electron chi connectivity index (χ4n) is 4.11. The SMILES string of the molecule is Cc1ccccc1S(=O)(=O)NC(=O)N1CCC[C@H]1C(=O)NCC(=O)NCCC(=O)N[C@@H](Cc1cnc[nH]1)C(=O)O. The largest absolute Gasteiger partial charge is 0.480 e. The van der Waals surface area contributed by atoms with E-state index in [9.17, 15) is 37.5 Å². The van der Waals surface area contributed by atoms with Crippen LogP contribution in [-0.2, 0) is 35.6 Å². The van der Waals surface area contributed by atoms with Crippen molar-refractivity contribution in [3.8, 4) is 0 Å². The van der Waals surface area contributed by atoms with Crippen LogP contribution < -0.4 is 20.7 Å². The number of carboxylic acids is 1. The number of aryl methyl sites for hydroxylation is 1. The van der Waals surface area contributed by atoms with E-state index < -0.39 is 58.4 Å². The first kappa shape index (κ1) is 30.1. The topological polar surface area (TPSA) is 220 Å². The fourth-order valence-corrected chi connectivity index (χ4v) is 5.32. The van der Waals surface area contributed by atoms with Crippen LogP contribution in [0.5, 0.6) is 0 Å². The normalized spacial score (nSPS) is 15.6. The molecule has 1 aromatic carbocycles. The second kappa shape index (κ2) is 13.5. The van der Waals surface area contributed by atoms with Gasteiger partial charge in [0.2, 0.25) is 17.7 Å². The quantitative estimate of drug-likeness (QED) is 0.182. The van der Waals surface area contributed by atoms with Crippen molar-refractivity contribution in [1.82, 2.24) is 35.5 Å². The van der Waals surface area contributed by atoms with Crippen LogP contribution in [0.25, 0.3) is 0 Å². The van der Waals surface area contributed by atoms with Crippen molar-refractivity contribution in [3.63, 3.8) is 0 Å². The van der Waals surface area contributed by atoms with E-state index in [0.717, 1.165) is 4.90 Å². The fraction of sp³-hybridized carbons (Fsp3) is 0.417. The van der Waals surface area contributed by atoms with Crippen LogP contribution in [0, 0.1) is 6.92 Å². The number of carbonyl (C=O) groups is 5. The van der Waals surface area contributed by atoms with Crippen LogP contribution in [0.2, 0.25) is 0 Å². The number of nitrogens with one attached hydrogen (secondary N) is 5. The molecule has 2 aromatic rings. The molecule has 2 heterocycles. The Bertz CT molecular complexity index is 1350. The number of imidazole rings is 1. The van der Waals surface area contributed by atoms with Gasteiger partial charge in [-0.25, -0.2) is 27.7 Å². The van der Waals surface area contributed by atoms with Crippen molar-refractivity contribution >= 4 is 39.7 Å². The summed E-state index contributed by atoms with van der Waals surface area (Å²) in [6, 6.07) is 3.08. The van der Waals surface area contributed by atoms with Crippen molar-refractivity contribution in [3.05, 3.63) is 48.0 Å². The minimum atomic E-state index is -4.15. The molecule has 1 aliphatic rings. The molecule has 6 N–H and O–H groups in total. The molecule has 1 aliphatic heterocycles. The van der Waals surface area contributed by atoms with Crippen molar-refractivity contribution in [2.45, 2.75) is 49.6 Å². The molecule has 3 rings (SSSR count). The van der Waals surface area contributed by atoms with E-state index in [-0.39, 0.29) is 37.2 Å². The molecule has 40 heavy (non-hydrogen) atoms. The predicted octanol–water partition coefficient (Wildman–Crippen LogP) is -0.985. The van der Waals surface area contributed by atoms with Gasteiger partial charge in [-0.1, -0.05) is 18.2 Å². The molecular formula is C24H31N7O8S. The van der Waals surface area contributed by atoms with Crippen molar-refractivity contribution in [1.29, 1.82) is 0 Å². The highest BCUT2D eigenvalue weighted by Crippen LogP contribution is 2.19. The third kappa shape index (κ3) is 8.26. The number of urea groups is 1. The number of rotatable bonds is 12. The molecule has 15 nitrogen and oxygen atoms in total. The summed E-state index contributed by atoms with van der Waals surface area (Å²) in [5.74, 6) is -3.05. The monoisotopic (exact) mass is 577 g/mol. The van der Waals surface area contributed by atoms with E-state index in [2.05, 4.69) is 25.9 Å². The van der Waals surface area contributed by atoms with E-state index >= 15 is 0 Å². The Labute approximate surface area is 230 Å². The zero-order valence-electron chi connectivity index (χ0n) is 21.7. The third-order valence-corrected chi connectivity index (χ3v) is 7.61. The number of carbonyl (C=O) groups excluding carboxylic acids is 4. The van der Waals surface area contributed by atoms with Gasteiger partial charge in [0.1, 0.15) is 12.1 Å². The van der Waals surface area contributed by atoms with Crippen molar-refractivity contribution in [2.24, 2.45) is 0 Å². The standard InChI is InChI=1S/C24H31N7O8S/c1-15-5-2-3-7-19(15)40(38,39)30-24(37)31-10-4-6-18(31)22(34)27-13-21(33)26-9-8-20(32)29-17(23(35)36)11-16-12-25-14-28-16/h2-3,5,7,12,14,17-18H,4,6,8-11,13H2,1H3,(H,25,28)(H,26,33)(H,27,34)(H,29,32)(H,30,37)(H,35,36)/t17-,18-/m0/s1. The average molecular weight is 578 g/mol. The maximum atomic E-state index is 12.7. The Hall–Kier alpha value is -4.47. The maximum absolute atomic E-state index is 12.7. The van der Waals surface area contributed by atoms with Crippen molar-refractivity contribution in [2.75, 3.05) is 19.6 Å². The highest BCUT2D eigenvalue weighted by atomic mass is 32.2. The minimum absolute atomic E-state index is 0.00744. The molecule has 0 saturated carbocycles. The molecule has 1 aromatic heterocycles. The Morgan fingerprint density at radius 1 is 1.15 bits per heavy atom. The highest BCUT2D eigenvalue weighted by Gasteiger charge is 2.36. The smallest absolute Gasteiger partial charge is 0.331 e. The van der Waals surface area contributed by atoms with Crippen LogP contribution in [0.3, 0.4) is 0 Å². The average Bonchev–Trinajstić information content (AvgIpc) is 3.59. The Balaban J connectivity index is 1.42. The lowest BCUT2D eigenvalue weighted by atomic mass is 10.1.